The number of hydrogen-bond acceptors (Lipinski definition) is 3. The quantitative estimate of drug-likeness (QED) is 0.419. The van der Waals surface area contributed by atoms with Crippen molar-refractivity contribution < 1.29 is 15.3 Å². The lowest BCUT2D eigenvalue weighted by molar-refractivity contribution is 0.119. The largest absolute Gasteiger partial charge is 0.395 e. The van der Waals surface area contributed by atoms with Crippen LogP contribution >= 0.6 is 9.24 Å². The van der Waals surface area contributed by atoms with Gasteiger partial charge in [0.1, 0.15) is 0 Å². The molecule has 8 heavy (non-hydrogen) atoms. The van der Waals surface area contributed by atoms with Crippen molar-refractivity contribution >= 4 is 9.24 Å². The van der Waals surface area contributed by atoms with Gasteiger partial charge < -0.3 is 15.3 Å². The van der Waals surface area contributed by atoms with Gasteiger partial charge in [-0.2, -0.15) is 0 Å². The van der Waals surface area contributed by atoms with Gasteiger partial charge in [0.15, 0.2) is 0 Å². The summed E-state index contributed by atoms with van der Waals surface area (Å²) in [5, 5.41) is 24.5. The Morgan fingerprint density at radius 1 is 1.00 bits per heavy atom. The summed E-state index contributed by atoms with van der Waals surface area (Å²) in [6, 6.07) is 0. The summed E-state index contributed by atoms with van der Waals surface area (Å²) in [7, 11) is 2.19. The average Bonchev–Trinajstić information content (AvgIpc) is 1.87. The second kappa shape index (κ2) is 3.36. The molecule has 3 nitrogen and oxygen atoms in total. The smallest absolute Gasteiger partial charge is 0.0566 e. The van der Waals surface area contributed by atoms with E-state index in [1.807, 2.05) is 0 Å². The molecule has 1 unspecified atom stereocenters. The normalized spacial score (nSPS) is 12.0. The molecule has 0 aliphatic rings. The zero-order valence-electron chi connectivity index (χ0n) is 4.54. The molecule has 0 aromatic rings. The molecular formula is C4H11O3P. The summed E-state index contributed by atoms with van der Waals surface area (Å²) in [5.74, 6) is 0. The van der Waals surface area contributed by atoms with Gasteiger partial charge in [0.05, 0.1) is 25.0 Å². The minimum absolute atomic E-state index is 0.218. The maximum atomic E-state index is 8.44. The van der Waals surface area contributed by atoms with Crippen LogP contribution in [0.2, 0.25) is 0 Å². The van der Waals surface area contributed by atoms with Crippen LogP contribution in [0.25, 0.3) is 0 Å². The minimum Gasteiger partial charge on any atom is -0.395 e. The molecule has 0 amide bonds. The molecule has 0 aliphatic heterocycles. The maximum absolute atomic E-state index is 8.44. The zero-order chi connectivity index (χ0) is 6.62. The monoisotopic (exact) mass is 138 g/mol. The van der Waals surface area contributed by atoms with Gasteiger partial charge in [-0.15, -0.1) is 9.24 Å². The fourth-order valence-corrected chi connectivity index (χ4v) is 0.150. The first kappa shape index (κ1) is 8.31. The topological polar surface area (TPSA) is 60.7 Å². The van der Waals surface area contributed by atoms with Crippen LogP contribution in [0.1, 0.15) is 0 Å². The molecule has 0 aromatic carbocycles. The van der Waals surface area contributed by atoms with Gasteiger partial charge in [-0.25, -0.2) is 0 Å². The van der Waals surface area contributed by atoms with Crippen molar-refractivity contribution in [2.75, 3.05) is 19.8 Å². The molecule has 0 bridgehead atoms. The first-order chi connectivity index (χ1) is 3.68. The average molecular weight is 138 g/mol. The Labute approximate surface area is 50.5 Å². The van der Waals surface area contributed by atoms with Gasteiger partial charge in [-0.3, -0.25) is 0 Å². The van der Waals surface area contributed by atoms with Crippen molar-refractivity contribution in [1.82, 2.24) is 0 Å². The molecular weight excluding hydrogens is 127 g/mol. The molecule has 0 heterocycles. The van der Waals surface area contributed by atoms with Crippen LogP contribution in [0.4, 0.5) is 0 Å². The third-order valence-electron chi connectivity index (χ3n) is 0.945. The fraction of sp³-hybridized carbons (Fsp3) is 1.00. The van der Waals surface area contributed by atoms with E-state index in [0.29, 0.717) is 0 Å². The van der Waals surface area contributed by atoms with E-state index >= 15 is 0 Å². The SMILES string of the molecule is OCC(P)(CO)CO. The highest BCUT2D eigenvalue weighted by molar-refractivity contribution is 7.19. The van der Waals surface area contributed by atoms with E-state index in [0.717, 1.165) is 0 Å². The first-order valence-corrected chi connectivity index (χ1v) is 2.88. The second-order valence-electron chi connectivity index (χ2n) is 1.84. The van der Waals surface area contributed by atoms with Crippen LogP contribution in [-0.2, 0) is 0 Å². The van der Waals surface area contributed by atoms with Crippen LogP contribution in [0.3, 0.4) is 0 Å². The standard InChI is InChI=1S/C4H11O3P/c5-1-4(8,2-6)3-7/h5-7H,1-3,8H2. The summed E-state index contributed by atoms with van der Waals surface area (Å²) in [4.78, 5) is 0. The lowest BCUT2D eigenvalue weighted by atomic mass is 10.2. The van der Waals surface area contributed by atoms with Crippen molar-refractivity contribution in [2.24, 2.45) is 0 Å². The van der Waals surface area contributed by atoms with E-state index in [-0.39, 0.29) is 19.8 Å². The van der Waals surface area contributed by atoms with Crippen molar-refractivity contribution in [3.63, 3.8) is 0 Å². The van der Waals surface area contributed by atoms with E-state index in [4.69, 9.17) is 15.3 Å². The van der Waals surface area contributed by atoms with Gasteiger partial charge in [-0.05, 0) is 0 Å². The highest BCUT2D eigenvalue weighted by Crippen LogP contribution is 2.14. The lowest BCUT2D eigenvalue weighted by Crippen LogP contribution is -2.34. The maximum Gasteiger partial charge on any atom is 0.0566 e. The Morgan fingerprint density at radius 2 is 1.25 bits per heavy atom. The van der Waals surface area contributed by atoms with E-state index < -0.39 is 5.16 Å². The van der Waals surface area contributed by atoms with Crippen LogP contribution in [0.5, 0.6) is 0 Å². The van der Waals surface area contributed by atoms with Crippen molar-refractivity contribution in [3.8, 4) is 0 Å². The molecule has 0 saturated carbocycles. The molecule has 3 N–H and O–H groups in total. The lowest BCUT2D eigenvalue weighted by Gasteiger charge is -2.19. The van der Waals surface area contributed by atoms with Gasteiger partial charge in [0, 0.05) is 0 Å². The van der Waals surface area contributed by atoms with E-state index in [9.17, 15) is 0 Å². The number of rotatable bonds is 3. The summed E-state index contributed by atoms with van der Waals surface area (Å²) < 4.78 is 0. The fourth-order valence-electron chi connectivity index (χ4n) is 0.150. The minimum atomic E-state index is -0.792. The van der Waals surface area contributed by atoms with Crippen molar-refractivity contribution in [3.05, 3.63) is 0 Å². The first-order valence-electron chi connectivity index (χ1n) is 2.30. The Kier molecular flexibility index (Phi) is 3.49. The summed E-state index contributed by atoms with van der Waals surface area (Å²) >= 11 is 0. The van der Waals surface area contributed by atoms with Crippen LogP contribution < -0.4 is 0 Å². The Bertz CT molecular complexity index is 54.0. The Hall–Kier alpha value is 0.310. The Balaban J connectivity index is 3.58. The van der Waals surface area contributed by atoms with E-state index in [1.54, 1.807) is 0 Å². The molecule has 0 spiro atoms. The van der Waals surface area contributed by atoms with Crippen molar-refractivity contribution in [2.45, 2.75) is 5.16 Å². The van der Waals surface area contributed by atoms with Gasteiger partial charge in [-0.1, -0.05) is 0 Å². The highest BCUT2D eigenvalue weighted by Gasteiger charge is 2.20. The molecule has 0 rings (SSSR count). The molecule has 0 aliphatic carbocycles. The predicted octanol–water partition coefficient (Wildman–Crippen LogP) is -1.42. The van der Waals surface area contributed by atoms with Crippen LogP contribution in [0, 0.1) is 0 Å². The van der Waals surface area contributed by atoms with Crippen LogP contribution in [0.15, 0.2) is 0 Å². The van der Waals surface area contributed by atoms with E-state index in [2.05, 4.69) is 9.24 Å². The predicted molar refractivity (Wildman–Crippen MR) is 33.7 cm³/mol. The van der Waals surface area contributed by atoms with Crippen LogP contribution in [-0.4, -0.2) is 40.3 Å². The number of aliphatic hydroxyl groups excluding tert-OH is 3. The van der Waals surface area contributed by atoms with Gasteiger partial charge >= 0.3 is 0 Å². The molecule has 0 aromatic heterocycles. The second-order valence-corrected chi connectivity index (χ2v) is 3.06. The molecule has 1 atom stereocenters. The van der Waals surface area contributed by atoms with E-state index in [1.165, 1.54) is 0 Å². The summed E-state index contributed by atoms with van der Waals surface area (Å²) in [6.45, 7) is -0.653. The van der Waals surface area contributed by atoms with Crippen molar-refractivity contribution in [1.29, 1.82) is 0 Å². The number of aliphatic hydroxyl groups is 3. The third-order valence-corrected chi connectivity index (χ3v) is 1.49. The number of hydrogen-bond donors (Lipinski definition) is 3. The summed E-state index contributed by atoms with van der Waals surface area (Å²) in [5.41, 5.74) is 0. The highest BCUT2D eigenvalue weighted by atomic mass is 31.0. The van der Waals surface area contributed by atoms with Gasteiger partial charge in [0.2, 0.25) is 0 Å². The Morgan fingerprint density at radius 3 is 1.25 bits per heavy atom. The summed E-state index contributed by atoms with van der Waals surface area (Å²) in [6.07, 6.45) is 0. The molecule has 4 heteroatoms. The molecule has 50 valence electrons. The van der Waals surface area contributed by atoms with Gasteiger partial charge in [0.25, 0.3) is 0 Å². The molecule has 0 saturated heterocycles. The molecule has 0 fully saturated rings. The zero-order valence-corrected chi connectivity index (χ0v) is 5.70. The third kappa shape index (κ3) is 2.05. The molecule has 0 radical (unpaired) electrons.